The second kappa shape index (κ2) is 44.4. The van der Waals surface area contributed by atoms with Crippen LogP contribution in [0.15, 0.2) is 36.5 Å². The van der Waals surface area contributed by atoms with Gasteiger partial charge in [-0.1, -0.05) is 211 Å². The fourth-order valence-electron chi connectivity index (χ4n) is 7.14. The molecule has 0 rings (SSSR count). The van der Waals surface area contributed by atoms with Crippen LogP contribution in [0, 0.1) is 0 Å². The van der Waals surface area contributed by atoms with Crippen molar-refractivity contribution < 1.29 is 42.1 Å². The van der Waals surface area contributed by atoms with E-state index in [-0.39, 0.29) is 26.1 Å². The number of allylic oxidation sites excluding steroid dienone is 6. The zero-order valence-corrected chi connectivity index (χ0v) is 42.0. The molecule has 0 saturated carbocycles. The average Bonchev–Trinajstić information content (AvgIpc) is 3.23. The van der Waals surface area contributed by atoms with E-state index < -0.39 is 32.5 Å². The molecule has 0 aliphatic heterocycles. The van der Waals surface area contributed by atoms with Crippen LogP contribution in [0.4, 0.5) is 0 Å². The topological polar surface area (TPSA) is 111 Å². The van der Waals surface area contributed by atoms with Gasteiger partial charge in [0, 0.05) is 12.8 Å². The van der Waals surface area contributed by atoms with Gasteiger partial charge in [0.05, 0.1) is 27.7 Å². The third-order valence-electron chi connectivity index (χ3n) is 11.2. The van der Waals surface area contributed by atoms with Crippen LogP contribution in [-0.2, 0) is 32.7 Å². The van der Waals surface area contributed by atoms with E-state index in [4.69, 9.17) is 18.5 Å². The van der Waals surface area contributed by atoms with E-state index in [0.717, 1.165) is 38.5 Å². The Kier molecular flexibility index (Phi) is 43.2. The molecule has 9 nitrogen and oxygen atoms in total. The number of quaternary nitrogens is 1. The van der Waals surface area contributed by atoms with Gasteiger partial charge in [-0.05, 0) is 44.9 Å². The lowest BCUT2D eigenvalue weighted by molar-refractivity contribution is -0.870. The first-order valence-corrected chi connectivity index (χ1v) is 27.2. The Morgan fingerprint density at radius 3 is 1.34 bits per heavy atom. The molecule has 0 heterocycles. The van der Waals surface area contributed by atoms with Crippen molar-refractivity contribution in [1.82, 2.24) is 0 Å². The van der Waals surface area contributed by atoms with Crippen molar-refractivity contribution in [2.24, 2.45) is 0 Å². The highest BCUT2D eigenvalue weighted by Crippen LogP contribution is 2.38. The molecule has 0 aliphatic rings. The van der Waals surface area contributed by atoms with E-state index >= 15 is 0 Å². The average molecular weight is 896 g/mol. The lowest BCUT2D eigenvalue weighted by Crippen LogP contribution is -2.37. The maximum absolute atomic E-state index is 12.7. The normalized spacial score (nSPS) is 13.7. The summed E-state index contributed by atoms with van der Waals surface area (Å²) >= 11 is 0. The van der Waals surface area contributed by atoms with Crippen LogP contribution in [-0.4, -0.2) is 70.0 Å². The van der Waals surface area contributed by atoms with Crippen LogP contribution >= 0.6 is 7.82 Å². The minimum atomic E-state index is -4.64. The van der Waals surface area contributed by atoms with E-state index in [1.54, 1.807) is 0 Å². The monoisotopic (exact) mass is 896 g/mol. The lowest BCUT2D eigenvalue weighted by Gasteiger charge is -2.28. The predicted molar refractivity (Wildman–Crippen MR) is 259 cm³/mol. The zero-order chi connectivity index (χ0) is 45.7. The molecular weight excluding hydrogens is 798 g/mol. The highest BCUT2D eigenvalue weighted by atomic mass is 31.2. The number of phosphoric ester groups is 1. The first-order valence-electron chi connectivity index (χ1n) is 25.7. The van der Waals surface area contributed by atoms with E-state index in [1.807, 2.05) is 21.1 Å². The lowest BCUT2D eigenvalue weighted by atomic mass is 10.0. The highest BCUT2D eigenvalue weighted by molar-refractivity contribution is 7.45. The molecule has 0 aromatic carbocycles. The summed E-state index contributed by atoms with van der Waals surface area (Å²) in [6, 6.07) is 0. The molecule has 0 aromatic rings. The molecule has 62 heavy (non-hydrogen) atoms. The molecule has 0 aromatic heterocycles. The second-order valence-electron chi connectivity index (χ2n) is 18.5. The quantitative estimate of drug-likeness (QED) is 0.0195. The third kappa shape index (κ3) is 47.7. The Morgan fingerprint density at radius 2 is 0.887 bits per heavy atom. The standard InChI is InChI=1S/C52H98NO8P/c1-6-8-10-12-14-16-18-20-22-24-25-26-27-29-30-32-34-36-38-40-42-44-51(54)58-48-50(49-60-62(56,57)59-47-46-53(3,4)5)61-52(55)45-43-41-39-37-35-33-31-28-23-21-19-17-15-13-11-9-7-2/h21,23,31,33,37,39,50H,6-20,22,24-30,32,34-36,38,40-49H2,1-5H3/b23-21+,33-31+,39-37+/t50-/m1/s1. The van der Waals surface area contributed by atoms with Crippen LogP contribution in [0.3, 0.4) is 0 Å². The second-order valence-corrected chi connectivity index (χ2v) is 20.0. The summed E-state index contributed by atoms with van der Waals surface area (Å²) in [5.74, 6) is -0.886. The summed E-state index contributed by atoms with van der Waals surface area (Å²) < 4.78 is 34.0. The van der Waals surface area contributed by atoms with Gasteiger partial charge >= 0.3 is 11.9 Å². The number of carbonyl (C=O) groups is 2. The molecule has 10 heteroatoms. The van der Waals surface area contributed by atoms with Gasteiger partial charge in [-0.25, -0.2) is 0 Å². The van der Waals surface area contributed by atoms with Gasteiger partial charge in [0.15, 0.2) is 6.10 Å². The van der Waals surface area contributed by atoms with Gasteiger partial charge in [-0.3, -0.25) is 14.2 Å². The van der Waals surface area contributed by atoms with Crippen LogP contribution in [0.1, 0.15) is 232 Å². The number of nitrogens with zero attached hydrogens (tertiary/aromatic N) is 1. The van der Waals surface area contributed by atoms with Crippen LogP contribution < -0.4 is 4.89 Å². The van der Waals surface area contributed by atoms with Crippen LogP contribution in [0.2, 0.25) is 0 Å². The minimum Gasteiger partial charge on any atom is -0.756 e. The van der Waals surface area contributed by atoms with E-state index in [2.05, 4.69) is 50.3 Å². The van der Waals surface area contributed by atoms with Gasteiger partial charge in [0.1, 0.15) is 19.8 Å². The summed E-state index contributed by atoms with van der Waals surface area (Å²) in [4.78, 5) is 37.7. The molecule has 0 fully saturated rings. The number of hydrogen-bond donors (Lipinski definition) is 0. The summed E-state index contributed by atoms with van der Waals surface area (Å²) in [6.45, 7) is 4.20. The Labute approximate surface area is 382 Å². The number of hydrogen-bond acceptors (Lipinski definition) is 8. The molecule has 364 valence electrons. The van der Waals surface area contributed by atoms with Crippen molar-refractivity contribution in [2.75, 3.05) is 47.5 Å². The summed E-state index contributed by atoms with van der Waals surface area (Å²) in [5, 5.41) is 0. The summed E-state index contributed by atoms with van der Waals surface area (Å²) in [5.41, 5.74) is 0. The van der Waals surface area contributed by atoms with Gasteiger partial charge < -0.3 is 27.9 Å². The molecule has 0 aliphatic carbocycles. The van der Waals surface area contributed by atoms with E-state index in [0.29, 0.717) is 23.9 Å². The Bertz CT molecular complexity index is 1150. The molecule has 0 amide bonds. The van der Waals surface area contributed by atoms with Crippen molar-refractivity contribution in [3.63, 3.8) is 0 Å². The summed E-state index contributed by atoms with van der Waals surface area (Å²) in [6.07, 6.45) is 51.9. The number of carbonyl (C=O) groups excluding carboxylic acids is 2. The number of phosphoric acid groups is 1. The molecule has 1 unspecified atom stereocenters. The fraction of sp³-hybridized carbons (Fsp3) is 0.846. The molecule has 0 bridgehead atoms. The van der Waals surface area contributed by atoms with Crippen molar-refractivity contribution in [1.29, 1.82) is 0 Å². The van der Waals surface area contributed by atoms with Gasteiger partial charge in [0.25, 0.3) is 7.82 Å². The molecule has 0 spiro atoms. The first-order chi connectivity index (χ1) is 30.0. The smallest absolute Gasteiger partial charge is 0.306 e. The number of likely N-dealkylation sites (N-methyl/N-ethyl adjacent to an activating group) is 1. The van der Waals surface area contributed by atoms with Crippen LogP contribution in [0.25, 0.3) is 0 Å². The van der Waals surface area contributed by atoms with Crippen molar-refractivity contribution in [2.45, 2.75) is 238 Å². The maximum Gasteiger partial charge on any atom is 0.306 e. The number of ether oxygens (including phenoxy) is 2. The van der Waals surface area contributed by atoms with Crippen molar-refractivity contribution >= 4 is 19.8 Å². The Balaban J connectivity index is 4.28. The number of rotatable bonds is 47. The predicted octanol–water partition coefficient (Wildman–Crippen LogP) is 14.6. The molecule has 0 radical (unpaired) electrons. The zero-order valence-electron chi connectivity index (χ0n) is 41.1. The first kappa shape index (κ1) is 60.2. The van der Waals surface area contributed by atoms with E-state index in [9.17, 15) is 19.0 Å². The SMILES string of the molecule is CCCCCCCC/C=C/C/C=C/C/C=C/CCCC(=O)O[C@H](COC(=O)CCCCCCCCCCCCCCCCCCCCCCC)COP(=O)([O-])OCC[N+](C)(C)C. The third-order valence-corrected chi connectivity index (χ3v) is 12.1. The molecule has 0 saturated heterocycles. The largest absolute Gasteiger partial charge is 0.756 e. The highest BCUT2D eigenvalue weighted by Gasteiger charge is 2.21. The summed E-state index contributed by atoms with van der Waals surface area (Å²) in [7, 11) is 1.14. The molecular formula is C52H98NO8P. The van der Waals surface area contributed by atoms with Gasteiger partial charge in [-0.2, -0.15) is 0 Å². The van der Waals surface area contributed by atoms with Gasteiger partial charge in [0.2, 0.25) is 0 Å². The minimum absolute atomic E-state index is 0.0388. The Hall–Kier alpha value is -1.77. The molecule has 0 N–H and O–H groups in total. The van der Waals surface area contributed by atoms with Crippen molar-refractivity contribution in [3.05, 3.63) is 36.5 Å². The fourth-order valence-corrected chi connectivity index (χ4v) is 7.87. The number of esters is 2. The number of unbranched alkanes of at least 4 members (excludes halogenated alkanes) is 27. The molecule has 2 atom stereocenters. The van der Waals surface area contributed by atoms with Crippen molar-refractivity contribution in [3.8, 4) is 0 Å². The van der Waals surface area contributed by atoms with Crippen LogP contribution in [0.5, 0.6) is 0 Å². The maximum atomic E-state index is 12.7. The van der Waals surface area contributed by atoms with Gasteiger partial charge in [-0.15, -0.1) is 0 Å². The van der Waals surface area contributed by atoms with E-state index in [1.165, 1.54) is 154 Å². The Morgan fingerprint density at radius 1 is 0.500 bits per heavy atom.